The molecule has 0 atom stereocenters. The number of carbonyl (C=O) groups excluding carboxylic acids is 2. The maximum absolute atomic E-state index is 11.7. The molecule has 2 aliphatic carbocycles. The van der Waals surface area contributed by atoms with Crippen molar-refractivity contribution in [2.75, 3.05) is 0 Å². The van der Waals surface area contributed by atoms with E-state index in [1.165, 1.54) is 25.7 Å². The summed E-state index contributed by atoms with van der Waals surface area (Å²) in [5, 5.41) is 8.36. The van der Waals surface area contributed by atoms with E-state index in [0.29, 0.717) is 12.8 Å². The minimum Gasteiger partial charge on any atom is -0.273 e. The third-order valence-electron chi connectivity index (χ3n) is 4.85. The fraction of sp³-hybridized carbons (Fsp3) is 0.789. The first-order valence-electron chi connectivity index (χ1n) is 9.92. The van der Waals surface area contributed by atoms with E-state index in [4.69, 9.17) is 0 Å². The van der Waals surface area contributed by atoms with Crippen LogP contribution in [0.15, 0.2) is 10.2 Å². The summed E-state index contributed by atoms with van der Waals surface area (Å²) in [7, 11) is 0. The van der Waals surface area contributed by atoms with Crippen molar-refractivity contribution in [3.05, 3.63) is 0 Å². The molecule has 2 amide bonds. The summed E-state index contributed by atoms with van der Waals surface area (Å²) in [6.45, 7) is 0. The lowest BCUT2D eigenvalue weighted by Gasteiger charge is -2.03. The predicted molar refractivity (Wildman–Crippen MR) is 100 cm³/mol. The smallest absolute Gasteiger partial charge is 0.240 e. The quantitative estimate of drug-likeness (QED) is 0.465. The predicted octanol–water partition coefficient (Wildman–Crippen LogP) is 3.81. The number of rotatable bonds is 10. The molecule has 0 radical (unpaired) electrons. The fourth-order valence-corrected chi connectivity index (χ4v) is 3.29. The summed E-state index contributed by atoms with van der Waals surface area (Å²) in [5.41, 5.74) is 7.58. The standard InChI is InChI=1S/C19H32N4O2/c24-18(22-20-16-10-6-7-11-16)14-4-2-1-3-5-15-19(25)23-21-17-12-8-9-13-17/h1-15H2,(H,22,24)(H,23,25). The van der Waals surface area contributed by atoms with Crippen molar-refractivity contribution >= 4 is 23.2 Å². The van der Waals surface area contributed by atoms with E-state index >= 15 is 0 Å². The van der Waals surface area contributed by atoms with E-state index in [0.717, 1.165) is 69.2 Å². The van der Waals surface area contributed by atoms with Gasteiger partial charge in [0, 0.05) is 24.3 Å². The number of nitrogens with zero attached hydrogens (tertiary/aromatic N) is 2. The maximum Gasteiger partial charge on any atom is 0.240 e. The highest BCUT2D eigenvalue weighted by molar-refractivity contribution is 5.88. The number of carbonyl (C=O) groups is 2. The summed E-state index contributed by atoms with van der Waals surface area (Å²) in [6, 6.07) is 0. The number of hydrogen-bond acceptors (Lipinski definition) is 4. The van der Waals surface area contributed by atoms with Gasteiger partial charge in [-0.1, -0.05) is 19.3 Å². The number of hydrazone groups is 2. The number of nitrogens with one attached hydrogen (secondary N) is 2. The second kappa shape index (κ2) is 11.8. The molecular weight excluding hydrogens is 316 g/mol. The molecular formula is C19H32N4O2. The average molecular weight is 348 g/mol. The van der Waals surface area contributed by atoms with Crippen LogP contribution in [-0.4, -0.2) is 23.2 Å². The Labute approximate surface area is 150 Å². The zero-order valence-corrected chi connectivity index (χ0v) is 15.3. The van der Waals surface area contributed by atoms with Crippen LogP contribution in [0.4, 0.5) is 0 Å². The zero-order chi connectivity index (χ0) is 17.7. The molecule has 0 unspecified atom stereocenters. The van der Waals surface area contributed by atoms with Crippen LogP contribution in [0.25, 0.3) is 0 Å². The molecule has 6 heteroatoms. The van der Waals surface area contributed by atoms with Gasteiger partial charge in [-0.3, -0.25) is 9.59 Å². The molecule has 0 aromatic carbocycles. The van der Waals surface area contributed by atoms with E-state index in [-0.39, 0.29) is 11.8 Å². The van der Waals surface area contributed by atoms with Gasteiger partial charge in [-0.2, -0.15) is 10.2 Å². The molecule has 140 valence electrons. The molecule has 2 aliphatic rings. The molecule has 2 saturated carbocycles. The second-order valence-electron chi connectivity index (χ2n) is 7.11. The molecule has 25 heavy (non-hydrogen) atoms. The topological polar surface area (TPSA) is 82.9 Å². The lowest BCUT2D eigenvalue weighted by atomic mass is 10.1. The zero-order valence-electron chi connectivity index (χ0n) is 15.3. The largest absolute Gasteiger partial charge is 0.273 e. The normalized spacial score (nSPS) is 16.8. The Bertz CT molecular complexity index is 440. The van der Waals surface area contributed by atoms with Gasteiger partial charge < -0.3 is 0 Å². The Morgan fingerprint density at radius 1 is 0.640 bits per heavy atom. The lowest BCUT2D eigenvalue weighted by Crippen LogP contribution is -2.18. The van der Waals surface area contributed by atoms with Crippen molar-refractivity contribution in [3.8, 4) is 0 Å². The van der Waals surface area contributed by atoms with Gasteiger partial charge in [0.15, 0.2) is 0 Å². The van der Waals surface area contributed by atoms with Crippen molar-refractivity contribution in [1.82, 2.24) is 10.9 Å². The monoisotopic (exact) mass is 348 g/mol. The molecule has 0 heterocycles. The van der Waals surface area contributed by atoms with Crippen LogP contribution in [0.2, 0.25) is 0 Å². The van der Waals surface area contributed by atoms with Gasteiger partial charge in [-0.05, 0) is 64.2 Å². The third-order valence-corrected chi connectivity index (χ3v) is 4.85. The summed E-state index contributed by atoms with van der Waals surface area (Å²) < 4.78 is 0. The molecule has 0 spiro atoms. The van der Waals surface area contributed by atoms with Crippen LogP contribution in [0.3, 0.4) is 0 Å². The van der Waals surface area contributed by atoms with E-state index in [1.54, 1.807) is 0 Å². The average Bonchev–Trinajstić information content (AvgIpc) is 3.30. The number of unbranched alkanes of at least 4 members (excludes halogenated alkanes) is 4. The Morgan fingerprint density at radius 3 is 1.40 bits per heavy atom. The molecule has 2 rings (SSSR count). The first-order valence-corrected chi connectivity index (χ1v) is 9.92. The highest BCUT2D eigenvalue weighted by Gasteiger charge is 2.09. The Kier molecular flexibility index (Phi) is 9.23. The number of amides is 2. The first-order chi connectivity index (χ1) is 12.2. The van der Waals surface area contributed by atoms with Crippen molar-refractivity contribution < 1.29 is 9.59 Å². The Morgan fingerprint density at radius 2 is 1.00 bits per heavy atom. The molecule has 0 aliphatic heterocycles. The van der Waals surface area contributed by atoms with Gasteiger partial charge in [0.05, 0.1) is 0 Å². The van der Waals surface area contributed by atoms with E-state index < -0.39 is 0 Å². The van der Waals surface area contributed by atoms with Gasteiger partial charge in [-0.25, -0.2) is 10.9 Å². The van der Waals surface area contributed by atoms with Crippen LogP contribution in [0, 0.1) is 0 Å². The van der Waals surface area contributed by atoms with Gasteiger partial charge in [-0.15, -0.1) is 0 Å². The molecule has 2 N–H and O–H groups in total. The Hall–Kier alpha value is -1.72. The SMILES string of the molecule is O=C(CCCCCCCC(=O)NN=C1CCCC1)NN=C1CCCC1. The molecule has 6 nitrogen and oxygen atoms in total. The molecule has 2 fully saturated rings. The Balaban J connectivity index is 1.40. The molecule has 0 aromatic rings. The summed E-state index contributed by atoms with van der Waals surface area (Å²) in [4.78, 5) is 23.4. The van der Waals surface area contributed by atoms with Gasteiger partial charge in [0.1, 0.15) is 0 Å². The second-order valence-corrected chi connectivity index (χ2v) is 7.11. The first kappa shape index (κ1) is 19.6. The van der Waals surface area contributed by atoms with Crippen LogP contribution in [0.1, 0.15) is 96.3 Å². The van der Waals surface area contributed by atoms with Crippen LogP contribution < -0.4 is 10.9 Å². The highest BCUT2D eigenvalue weighted by atomic mass is 16.2. The van der Waals surface area contributed by atoms with Crippen molar-refractivity contribution in [3.63, 3.8) is 0 Å². The minimum atomic E-state index is 0.0183. The van der Waals surface area contributed by atoms with Crippen LogP contribution >= 0.6 is 0 Å². The summed E-state index contributed by atoms with van der Waals surface area (Å²) >= 11 is 0. The van der Waals surface area contributed by atoms with Crippen LogP contribution in [-0.2, 0) is 9.59 Å². The molecule has 0 saturated heterocycles. The highest BCUT2D eigenvalue weighted by Crippen LogP contribution is 2.14. The molecule has 0 bridgehead atoms. The minimum absolute atomic E-state index is 0.0183. The van der Waals surface area contributed by atoms with E-state index in [9.17, 15) is 9.59 Å². The summed E-state index contributed by atoms with van der Waals surface area (Å²) in [5.74, 6) is 0.0367. The van der Waals surface area contributed by atoms with E-state index in [1.807, 2.05) is 0 Å². The van der Waals surface area contributed by atoms with Gasteiger partial charge in [0.2, 0.25) is 11.8 Å². The van der Waals surface area contributed by atoms with Crippen molar-refractivity contribution in [2.45, 2.75) is 96.3 Å². The van der Waals surface area contributed by atoms with Gasteiger partial charge >= 0.3 is 0 Å². The fourth-order valence-electron chi connectivity index (χ4n) is 3.29. The van der Waals surface area contributed by atoms with Crippen molar-refractivity contribution in [2.24, 2.45) is 10.2 Å². The number of hydrogen-bond donors (Lipinski definition) is 2. The summed E-state index contributed by atoms with van der Waals surface area (Å²) in [6.07, 6.45) is 14.8. The van der Waals surface area contributed by atoms with Gasteiger partial charge in [0.25, 0.3) is 0 Å². The maximum atomic E-state index is 11.7. The molecule has 0 aromatic heterocycles. The lowest BCUT2D eigenvalue weighted by molar-refractivity contribution is -0.121. The van der Waals surface area contributed by atoms with Crippen LogP contribution in [0.5, 0.6) is 0 Å². The van der Waals surface area contributed by atoms with E-state index in [2.05, 4.69) is 21.1 Å². The third kappa shape index (κ3) is 8.79. The van der Waals surface area contributed by atoms with Crippen molar-refractivity contribution in [1.29, 1.82) is 0 Å².